The Balaban J connectivity index is 2.52. The van der Waals surface area contributed by atoms with Crippen LogP contribution in [0.1, 0.15) is 79.6 Å². The van der Waals surface area contributed by atoms with E-state index >= 15 is 0 Å². The van der Waals surface area contributed by atoms with Crippen molar-refractivity contribution >= 4 is 5.97 Å². The van der Waals surface area contributed by atoms with Gasteiger partial charge >= 0.3 is 5.97 Å². The molecule has 1 rings (SSSR count). The second-order valence-corrected chi connectivity index (χ2v) is 9.22. The van der Waals surface area contributed by atoms with Crippen molar-refractivity contribution in [1.29, 1.82) is 0 Å². The summed E-state index contributed by atoms with van der Waals surface area (Å²) in [5, 5.41) is 13.8. The van der Waals surface area contributed by atoms with E-state index in [4.69, 9.17) is 4.74 Å². The molecule has 0 aromatic rings. The van der Waals surface area contributed by atoms with Crippen molar-refractivity contribution in [1.82, 2.24) is 5.32 Å². The molecule has 4 nitrogen and oxygen atoms in total. The van der Waals surface area contributed by atoms with Gasteiger partial charge in [0.05, 0.1) is 6.10 Å². The largest absolute Gasteiger partial charge is 0.462 e. The maximum atomic E-state index is 11.4. The van der Waals surface area contributed by atoms with Crippen molar-refractivity contribution in [3.63, 3.8) is 0 Å². The molecular formula is C20H39NO3. The van der Waals surface area contributed by atoms with E-state index in [1.165, 1.54) is 6.42 Å². The van der Waals surface area contributed by atoms with Gasteiger partial charge in [0.1, 0.15) is 6.10 Å². The van der Waals surface area contributed by atoms with Gasteiger partial charge in [0, 0.05) is 19.4 Å². The highest BCUT2D eigenvalue weighted by molar-refractivity contribution is 5.69. The molecule has 1 saturated carbocycles. The predicted octanol–water partition coefficient (Wildman–Crippen LogP) is 3.91. The van der Waals surface area contributed by atoms with Crippen molar-refractivity contribution in [2.24, 2.45) is 16.7 Å². The second-order valence-electron chi connectivity index (χ2n) is 9.22. The van der Waals surface area contributed by atoms with Crippen molar-refractivity contribution in [3.8, 4) is 0 Å². The van der Waals surface area contributed by atoms with Crippen LogP contribution in [0.2, 0.25) is 0 Å². The molecule has 0 aromatic carbocycles. The van der Waals surface area contributed by atoms with Gasteiger partial charge < -0.3 is 15.2 Å². The van der Waals surface area contributed by atoms with E-state index in [1.807, 2.05) is 14.0 Å². The van der Waals surface area contributed by atoms with E-state index in [9.17, 15) is 9.90 Å². The first-order chi connectivity index (χ1) is 11.1. The lowest BCUT2D eigenvalue weighted by Crippen LogP contribution is -2.37. The lowest BCUT2D eigenvalue weighted by atomic mass is 9.70. The maximum absolute atomic E-state index is 11.4. The van der Waals surface area contributed by atoms with Crippen molar-refractivity contribution in [2.45, 2.75) is 91.8 Å². The summed E-state index contributed by atoms with van der Waals surface area (Å²) in [4.78, 5) is 11.4. The van der Waals surface area contributed by atoms with Gasteiger partial charge in [0.15, 0.2) is 0 Å². The first-order valence-corrected chi connectivity index (χ1v) is 9.61. The molecule has 2 N–H and O–H groups in total. The fourth-order valence-corrected chi connectivity index (χ4v) is 4.37. The molecule has 24 heavy (non-hydrogen) atoms. The lowest BCUT2D eigenvalue weighted by molar-refractivity contribution is -0.153. The van der Waals surface area contributed by atoms with Crippen LogP contribution in [0.15, 0.2) is 0 Å². The first kappa shape index (κ1) is 21.4. The minimum atomic E-state index is -0.345. The van der Waals surface area contributed by atoms with Crippen LogP contribution in [0.4, 0.5) is 0 Å². The summed E-state index contributed by atoms with van der Waals surface area (Å²) in [5.41, 5.74) is 0.550. The summed E-state index contributed by atoms with van der Waals surface area (Å²) in [7, 11) is 2.02. The summed E-state index contributed by atoms with van der Waals surface area (Å²) < 4.78 is 5.40. The zero-order valence-corrected chi connectivity index (χ0v) is 16.7. The number of hydrogen-bond acceptors (Lipinski definition) is 4. The summed E-state index contributed by atoms with van der Waals surface area (Å²) in [6.07, 6.45) is 5.73. The maximum Gasteiger partial charge on any atom is 0.305 e. The molecule has 0 aromatic heterocycles. The monoisotopic (exact) mass is 341 g/mol. The number of carbonyl (C=O) groups excluding carboxylic acids is 1. The minimum absolute atomic E-state index is 0.0954. The molecule has 0 heterocycles. The SMILES string of the molecule is CCC(=O)OC1CCC(CCC(C)(CNC)CC(C)(C)C)C(O)C1. The molecule has 0 bridgehead atoms. The molecule has 0 amide bonds. The predicted molar refractivity (Wildman–Crippen MR) is 98.9 cm³/mol. The molecular weight excluding hydrogens is 302 g/mol. The molecule has 0 aliphatic heterocycles. The Morgan fingerprint density at radius 2 is 1.92 bits per heavy atom. The van der Waals surface area contributed by atoms with Crippen LogP contribution >= 0.6 is 0 Å². The Kier molecular flexibility index (Phi) is 8.21. The number of rotatable bonds is 8. The molecule has 1 aliphatic carbocycles. The Hall–Kier alpha value is -0.610. The van der Waals surface area contributed by atoms with Gasteiger partial charge in [-0.25, -0.2) is 0 Å². The van der Waals surface area contributed by atoms with Gasteiger partial charge in [-0.15, -0.1) is 0 Å². The van der Waals surface area contributed by atoms with Crippen molar-refractivity contribution in [2.75, 3.05) is 13.6 Å². The van der Waals surface area contributed by atoms with Gasteiger partial charge in [-0.1, -0.05) is 34.6 Å². The molecule has 0 saturated heterocycles. The standard InChI is InChI=1S/C20H39NO3/c1-7-18(23)24-16-9-8-15(17(22)12-16)10-11-20(5,14-21-6)13-19(2,3)4/h15-17,21-22H,7-14H2,1-6H3. The van der Waals surface area contributed by atoms with Gasteiger partial charge in [0.25, 0.3) is 0 Å². The second kappa shape index (κ2) is 9.19. The zero-order chi connectivity index (χ0) is 18.4. The van der Waals surface area contributed by atoms with Crippen molar-refractivity contribution < 1.29 is 14.6 Å². The third-order valence-corrected chi connectivity index (χ3v) is 5.17. The summed E-state index contributed by atoms with van der Waals surface area (Å²) in [6, 6.07) is 0. The Bertz CT molecular complexity index is 391. The van der Waals surface area contributed by atoms with Crippen LogP contribution < -0.4 is 5.32 Å². The van der Waals surface area contributed by atoms with Crippen LogP contribution in [0.25, 0.3) is 0 Å². The molecule has 4 atom stereocenters. The van der Waals surface area contributed by atoms with Gasteiger partial charge in [0.2, 0.25) is 0 Å². The molecule has 4 unspecified atom stereocenters. The summed E-state index contributed by atoms with van der Waals surface area (Å²) in [6.45, 7) is 12.1. The number of aliphatic hydroxyl groups is 1. The van der Waals surface area contributed by atoms with Gasteiger partial charge in [-0.3, -0.25) is 4.79 Å². The van der Waals surface area contributed by atoms with Crippen LogP contribution in [0.5, 0.6) is 0 Å². The van der Waals surface area contributed by atoms with E-state index in [1.54, 1.807) is 0 Å². The highest BCUT2D eigenvalue weighted by atomic mass is 16.5. The molecule has 142 valence electrons. The highest BCUT2D eigenvalue weighted by Crippen LogP contribution is 2.40. The summed E-state index contributed by atoms with van der Waals surface area (Å²) >= 11 is 0. The zero-order valence-electron chi connectivity index (χ0n) is 16.7. The van der Waals surface area contributed by atoms with Crippen LogP contribution in [0, 0.1) is 16.7 Å². The van der Waals surface area contributed by atoms with Crippen LogP contribution in [-0.2, 0) is 9.53 Å². The number of esters is 1. The van der Waals surface area contributed by atoms with Gasteiger partial charge in [-0.05, 0) is 55.9 Å². The Labute approximate surface area is 148 Å². The Morgan fingerprint density at radius 1 is 1.25 bits per heavy atom. The average Bonchev–Trinajstić information content (AvgIpc) is 2.44. The van der Waals surface area contributed by atoms with E-state index in [0.717, 1.165) is 32.2 Å². The highest BCUT2D eigenvalue weighted by Gasteiger charge is 2.34. The Morgan fingerprint density at radius 3 is 2.42 bits per heavy atom. The molecule has 1 fully saturated rings. The summed E-state index contributed by atoms with van der Waals surface area (Å²) in [5.74, 6) is 0.176. The van der Waals surface area contributed by atoms with E-state index in [-0.39, 0.29) is 23.6 Å². The quantitative estimate of drug-likeness (QED) is 0.657. The number of hydrogen-bond donors (Lipinski definition) is 2. The van der Waals surface area contributed by atoms with E-state index in [2.05, 4.69) is 33.0 Å². The molecule has 0 radical (unpaired) electrons. The fourth-order valence-electron chi connectivity index (χ4n) is 4.37. The third-order valence-electron chi connectivity index (χ3n) is 5.17. The normalized spacial score (nSPS) is 27.5. The average molecular weight is 342 g/mol. The topological polar surface area (TPSA) is 58.6 Å². The third kappa shape index (κ3) is 7.52. The van der Waals surface area contributed by atoms with Crippen LogP contribution in [0.3, 0.4) is 0 Å². The van der Waals surface area contributed by atoms with E-state index in [0.29, 0.717) is 24.2 Å². The van der Waals surface area contributed by atoms with E-state index < -0.39 is 0 Å². The number of ether oxygens (including phenoxy) is 1. The first-order valence-electron chi connectivity index (χ1n) is 9.61. The minimum Gasteiger partial charge on any atom is -0.462 e. The van der Waals surface area contributed by atoms with Gasteiger partial charge in [-0.2, -0.15) is 0 Å². The molecule has 4 heteroatoms. The number of carbonyl (C=O) groups is 1. The molecule has 0 spiro atoms. The van der Waals surface area contributed by atoms with Crippen molar-refractivity contribution in [3.05, 3.63) is 0 Å². The molecule has 1 aliphatic rings. The van der Waals surface area contributed by atoms with Crippen LogP contribution in [-0.4, -0.2) is 36.9 Å². The number of aliphatic hydroxyl groups excluding tert-OH is 1. The lowest BCUT2D eigenvalue weighted by Gasteiger charge is -2.39. The fraction of sp³-hybridized carbons (Fsp3) is 0.950. The number of nitrogens with one attached hydrogen (secondary N) is 1. The smallest absolute Gasteiger partial charge is 0.305 e.